The van der Waals surface area contributed by atoms with Crippen LogP contribution in [0.2, 0.25) is 0 Å². The second-order valence-corrected chi connectivity index (χ2v) is 7.65. The summed E-state index contributed by atoms with van der Waals surface area (Å²) in [6, 6.07) is 27.1. The third kappa shape index (κ3) is 5.16. The lowest BCUT2D eigenvalue weighted by Gasteiger charge is -2.19. The normalized spacial score (nSPS) is 10.8. The summed E-state index contributed by atoms with van der Waals surface area (Å²) >= 11 is 0. The van der Waals surface area contributed by atoms with Crippen LogP contribution < -0.4 is 10.6 Å². The Bertz CT molecular complexity index is 1130. The van der Waals surface area contributed by atoms with Gasteiger partial charge in [-0.1, -0.05) is 60.7 Å². The summed E-state index contributed by atoms with van der Waals surface area (Å²) in [7, 11) is 1.86. The average molecular weight is 427 g/mol. The molecular weight excluding hydrogens is 400 g/mol. The van der Waals surface area contributed by atoms with Crippen LogP contribution in [0.25, 0.3) is 0 Å². The number of hydrogen-bond acceptors (Lipinski definition) is 4. The number of rotatable bonds is 8. The quantitative estimate of drug-likeness (QED) is 0.393. The van der Waals surface area contributed by atoms with E-state index in [1.165, 1.54) is 0 Å². The molecule has 0 spiro atoms. The number of nitrogens with zero attached hydrogens (tertiary/aromatic N) is 2. The first-order valence-corrected chi connectivity index (χ1v) is 10.5. The van der Waals surface area contributed by atoms with Crippen molar-refractivity contribution in [3.05, 3.63) is 114 Å². The fraction of sp³-hybridized carbons (Fsp3) is 0.154. The van der Waals surface area contributed by atoms with Gasteiger partial charge in [0, 0.05) is 37.5 Å². The highest BCUT2D eigenvalue weighted by Crippen LogP contribution is 2.25. The molecule has 0 saturated carbocycles. The van der Waals surface area contributed by atoms with Gasteiger partial charge in [-0.25, -0.2) is 0 Å². The molecule has 4 rings (SSSR count). The Balaban J connectivity index is 1.43. The van der Waals surface area contributed by atoms with Crippen LogP contribution in [0.4, 0.5) is 5.69 Å². The van der Waals surface area contributed by atoms with E-state index >= 15 is 0 Å². The third-order valence-electron chi connectivity index (χ3n) is 5.36. The van der Waals surface area contributed by atoms with Gasteiger partial charge in [0.05, 0.1) is 17.8 Å². The van der Waals surface area contributed by atoms with Crippen molar-refractivity contribution >= 4 is 11.6 Å². The van der Waals surface area contributed by atoms with Gasteiger partial charge in [0.15, 0.2) is 0 Å². The van der Waals surface area contributed by atoms with Crippen LogP contribution in [0.1, 0.15) is 33.1 Å². The summed E-state index contributed by atoms with van der Waals surface area (Å²) in [5, 5.41) is 20.9. The van der Waals surface area contributed by atoms with E-state index in [0.29, 0.717) is 13.1 Å². The van der Waals surface area contributed by atoms with Crippen molar-refractivity contribution in [1.29, 1.82) is 0 Å². The molecule has 0 bridgehead atoms. The van der Waals surface area contributed by atoms with E-state index in [1.54, 1.807) is 22.9 Å². The molecule has 0 aliphatic carbocycles. The maximum atomic E-state index is 12.8. The van der Waals surface area contributed by atoms with Gasteiger partial charge in [-0.2, -0.15) is 5.10 Å². The van der Waals surface area contributed by atoms with Crippen LogP contribution in [-0.4, -0.2) is 27.3 Å². The van der Waals surface area contributed by atoms with Gasteiger partial charge < -0.3 is 15.7 Å². The molecule has 6 heteroatoms. The van der Waals surface area contributed by atoms with Crippen molar-refractivity contribution in [3.8, 4) is 5.75 Å². The molecular formula is C26H26N4O2. The van der Waals surface area contributed by atoms with Crippen molar-refractivity contribution in [2.24, 2.45) is 7.05 Å². The lowest BCUT2D eigenvalue weighted by atomic mass is 9.91. The topological polar surface area (TPSA) is 79.2 Å². The molecule has 0 aliphatic heterocycles. The highest BCUT2D eigenvalue weighted by atomic mass is 16.3. The monoisotopic (exact) mass is 426 g/mol. The van der Waals surface area contributed by atoms with E-state index in [9.17, 15) is 9.90 Å². The van der Waals surface area contributed by atoms with Gasteiger partial charge >= 0.3 is 0 Å². The van der Waals surface area contributed by atoms with E-state index < -0.39 is 0 Å². The molecule has 0 radical (unpaired) electrons. The van der Waals surface area contributed by atoms with Crippen molar-refractivity contribution in [3.63, 3.8) is 0 Å². The molecule has 1 heterocycles. The van der Waals surface area contributed by atoms with Crippen LogP contribution in [0, 0.1) is 0 Å². The smallest absolute Gasteiger partial charge is 0.255 e. The zero-order chi connectivity index (χ0) is 22.3. The fourth-order valence-electron chi connectivity index (χ4n) is 3.67. The van der Waals surface area contributed by atoms with Crippen LogP contribution in [0.5, 0.6) is 5.75 Å². The second kappa shape index (κ2) is 9.83. The first-order valence-electron chi connectivity index (χ1n) is 10.5. The predicted octanol–water partition coefficient (Wildman–Crippen LogP) is 4.30. The van der Waals surface area contributed by atoms with Crippen LogP contribution in [0.3, 0.4) is 0 Å². The number of aromatic nitrogens is 2. The van der Waals surface area contributed by atoms with Gasteiger partial charge in [0.1, 0.15) is 5.75 Å². The van der Waals surface area contributed by atoms with E-state index in [2.05, 4.69) is 40.0 Å². The second-order valence-electron chi connectivity index (χ2n) is 7.65. The Kier molecular flexibility index (Phi) is 6.51. The lowest BCUT2D eigenvalue weighted by Crippen LogP contribution is -2.29. The minimum atomic E-state index is -0.310. The van der Waals surface area contributed by atoms with E-state index in [4.69, 9.17) is 0 Å². The Morgan fingerprint density at radius 1 is 0.969 bits per heavy atom. The fourth-order valence-corrected chi connectivity index (χ4v) is 3.67. The number of carbonyl (C=O) groups excluding carboxylic acids is 1. The number of aromatic hydroxyl groups is 1. The molecule has 0 unspecified atom stereocenters. The van der Waals surface area contributed by atoms with Gasteiger partial charge in [0.2, 0.25) is 0 Å². The van der Waals surface area contributed by atoms with Gasteiger partial charge in [-0.15, -0.1) is 0 Å². The van der Waals surface area contributed by atoms with Gasteiger partial charge in [-0.3, -0.25) is 9.48 Å². The summed E-state index contributed by atoms with van der Waals surface area (Å²) in [6.45, 7) is 0.952. The molecule has 1 aromatic heterocycles. The standard InChI is InChI=1S/C26H26N4O2/c1-30-15-14-22(29-30)17-27-21-12-13-23(25(31)16-21)26(32)28-18-24(19-8-4-2-5-9-19)20-10-6-3-7-11-20/h2-16,24,27,31H,17-18H2,1H3,(H,28,32). The van der Waals surface area contributed by atoms with Crippen LogP contribution in [-0.2, 0) is 13.6 Å². The first kappa shape index (κ1) is 21.2. The summed E-state index contributed by atoms with van der Waals surface area (Å²) in [6.07, 6.45) is 1.88. The molecule has 32 heavy (non-hydrogen) atoms. The number of aryl methyl sites for hydroxylation is 1. The van der Waals surface area contributed by atoms with Crippen molar-refractivity contribution in [2.45, 2.75) is 12.5 Å². The number of nitrogens with one attached hydrogen (secondary N) is 2. The lowest BCUT2D eigenvalue weighted by molar-refractivity contribution is 0.0950. The maximum absolute atomic E-state index is 12.8. The number of benzene rings is 3. The van der Waals surface area contributed by atoms with E-state index in [1.807, 2.05) is 55.7 Å². The van der Waals surface area contributed by atoms with E-state index in [0.717, 1.165) is 22.5 Å². The minimum Gasteiger partial charge on any atom is -0.507 e. The predicted molar refractivity (Wildman–Crippen MR) is 126 cm³/mol. The number of amides is 1. The Hall–Kier alpha value is -4.06. The minimum absolute atomic E-state index is 0.0165. The summed E-state index contributed by atoms with van der Waals surface area (Å²) in [5.41, 5.74) is 4.10. The number of anilines is 1. The molecule has 1 amide bonds. The zero-order valence-electron chi connectivity index (χ0n) is 17.9. The van der Waals surface area contributed by atoms with Crippen LogP contribution >= 0.6 is 0 Å². The van der Waals surface area contributed by atoms with Crippen molar-refractivity contribution in [1.82, 2.24) is 15.1 Å². The Morgan fingerprint density at radius 3 is 2.19 bits per heavy atom. The number of phenolic OH excluding ortho intramolecular Hbond substituents is 1. The van der Waals surface area contributed by atoms with Crippen molar-refractivity contribution < 1.29 is 9.90 Å². The molecule has 3 N–H and O–H groups in total. The zero-order valence-corrected chi connectivity index (χ0v) is 17.9. The first-order chi connectivity index (χ1) is 15.6. The SMILES string of the molecule is Cn1ccc(CNc2ccc(C(=O)NCC(c3ccccc3)c3ccccc3)c(O)c2)n1. The highest BCUT2D eigenvalue weighted by Gasteiger charge is 2.17. The number of carbonyl (C=O) groups is 1. The molecule has 0 atom stereocenters. The Labute approximate surface area is 187 Å². The highest BCUT2D eigenvalue weighted by molar-refractivity contribution is 5.97. The maximum Gasteiger partial charge on any atom is 0.255 e. The third-order valence-corrected chi connectivity index (χ3v) is 5.36. The molecule has 162 valence electrons. The Morgan fingerprint density at radius 2 is 1.62 bits per heavy atom. The van der Waals surface area contributed by atoms with E-state index in [-0.39, 0.29) is 23.1 Å². The molecule has 0 aliphatic rings. The van der Waals surface area contributed by atoms with Crippen molar-refractivity contribution in [2.75, 3.05) is 11.9 Å². The van der Waals surface area contributed by atoms with Gasteiger partial charge in [0.25, 0.3) is 5.91 Å². The summed E-state index contributed by atoms with van der Waals surface area (Å²) in [5.74, 6) is -0.358. The van der Waals surface area contributed by atoms with Crippen LogP contribution in [0.15, 0.2) is 91.1 Å². The summed E-state index contributed by atoms with van der Waals surface area (Å²) < 4.78 is 1.74. The molecule has 0 fully saturated rings. The largest absolute Gasteiger partial charge is 0.507 e. The average Bonchev–Trinajstić information content (AvgIpc) is 3.24. The number of phenols is 1. The van der Waals surface area contributed by atoms with Gasteiger partial charge in [-0.05, 0) is 29.3 Å². The molecule has 0 saturated heterocycles. The molecule has 6 nitrogen and oxygen atoms in total. The summed E-state index contributed by atoms with van der Waals surface area (Å²) in [4.78, 5) is 12.8. The number of hydrogen-bond donors (Lipinski definition) is 3. The molecule has 3 aromatic carbocycles. The molecule has 4 aromatic rings.